The maximum atomic E-state index is 12.0. The van der Waals surface area contributed by atoms with E-state index in [0.29, 0.717) is 13.8 Å². The van der Waals surface area contributed by atoms with Crippen LogP contribution in [0.25, 0.3) is 0 Å². The van der Waals surface area contributed by atoms with E-state index in [2.05, 4.69) is 4.74 Å². The van der Waals surface area contributed by atoms with Crippen LogP contribution < -0.4 is 0 Å². The molecule has 0 radical (unpaired) electrons. The van der Waals surface area contributed by atoms with Crippen LogP contribution in [0.1, 0.15) is 34.1 Å². The number of rotatable bonds is 4. The molecule has 0 rings (SSSR count). The molecule has 0 heterocycles. The summed E-state index contributed by atoms with van der Waals surface area (Å²) in [6.07, 6.45) is -4.00. The Hall–Kier alpha value is -0.320. The summed E-state index contributed by atoms with van der Waals surface area (Å²) >= 11 is 0. The minimum absolute atomic E-state index is 0.515. The summed E-state index contributed by atoms with van der Waals surface area (Å²) in [5.74, 6) is -2.94. The second-order valence-corrected chi connectivity index (χ2v) is 2.48. The molecular weight excluding hydrogens is 188 g/mol. The molecule has 0 spiro atoms. The minimum atomic E-state index is -3.31. The van der Waals surface area contributed by atoms with Crippen molar-refractivity contribution in [2.75, 3.05) is 6.61 Å². The van der Waals surface area contributed by atoms with E-state index in [1.54, 1.807) is 0 Å². The van der Waals surface area contributed by atoms with Gasteiger partial charge in [0.25, 0.3) is 0 Å². The highest BCUT2D eigenvalue weighted by Crippen LogP contribution is 2.19. The lowest BCUT2D eigenvalue weighted by Crippen LogP contribution is -2.20. The molecule has 0 aromatic rings. The molecule has 5 heteroatoms. The Morgan fingerprint density at radius 3 is 1.62 bits per heavy atom. The maximum absolute atomic E-state index is 12.0. The van der Waals surface area contributed by atoms with Gasteiger partial charge in [-0.2, -0.15) is 8.78 Å². The number of alkyl halides is 4. The van der Waals surface area contributed by atoms with Crippen molar-refractivity contribution in [1.29, 1.82) is 0 Å². The molecule has 0 aromatic carbocycles. The van der Waals surface area contributed by atoms with E-state index in [1.807, 2.05) is 13.8 Å². The lowest BCUT2D eigenvalue weighted by molar-refractivity contribution is -0.230. The van der Waals surface area contributed by atoms with Crippen molar-refractivity contribution in [3.63, 3.8) is 0 Å². The van der Waals surface area contributed by atoms with Gasteiger partial charge in [0.15, 0.2) is 0 Å². The van der Waals surface area contributed by atoms with Crippen molar-refractivity contribution in [3.8, 4) is 0 Å². The van der Waals surface area contributed by atoms with E-state index in [4.69, 9.17) is 0 Å². The van der Waals surface area contributed by atoms with E-state index in [0.717, 1.165) is 0 Å². The third kappa shape index (κ3) is 18.6. The highest BCUT2D eigenvalue weighted by Gasteiger charge is 2.26. The van der Waals surface area contributed by atoms with E-state index in [1.165, 1.54) is 0 Å². The highest BCUT2D eigenvalue weighted by molar-refractivity contribution is 4.56. The zero-order valence-corrected chi connectivity index (χ0v) is 8.33. The van der Waals surface area contributed by atoms with Crippen LogP contribution in [0.5, 0.6) is 0 Å². The fourth-order valence-electron chi connectivity index (χ4n) is 0.409. The molecule has 1 nitrogen and oxygen atoms in total. The second kappa shape index (κ2) is 6.18. The van der Waals surface area contributed by atoms with Gasteiger partial charge in [-0.05, 0) is 6.92 Å². The molecule has 0 amide bonds. The van der Waals surface area contributed by atoms with Gasteiger partial charge in [0.1, 0.15) is 0 Å². The van der Waals surface area contributed by atoms with Crippen molar-refractivity contribution in [1.82, 2.24) is 0 Å². The summed E-state index contributed by atoms with van der Waals surface area (Å²) in [5, 5.41) is 0. The lowest BCUT2D eigenvalue weighted by atomic mass is 10.3. The molecule has 0 saturated heterocycles. The second-order valence-electron chi connectivity index (χ2n) is 2.48. The molecule has 0 fully saturated rings. The van der Waals surface area contributed by atoms with E-state index in [9.17, 15) is 17.6 Å². The molecule has 0 unspecified atom stereocenters. The standard InChI is InChI=1S/C6H10F4O.C2H6/c1-5(7,8)3-4-11-6(2,9)10;1-2/h3-4H2,1-2H3;1-2H3. The smallest absolute Gasteiger partial charge is 0.320 e. The van der Waals surface area contributed by atoms with Crippen LogP contribution in [0.4, 0.5) is 17.6 Å². The summed E-state index contributed by atoms with van der Waals surface area (Å²) < 4.78 is 51.4. The molecule has 13 heavy (non-hydrogen) atoms. The first-order valence-corrected chi connectivity index (χ1v) is 4.10. The quantitative estimate of drug-likeness (QED) is 0.634. The molecule has 0 saturated carbocycles. The first-order chi connectivity index (χ1) is 5.71. The van der Waals surface area contributed by atoms with Crippen LogP contribution in [0.3, 0.4) is 0 Å². The summed E-state index contributed by atoms with van der Waals surface area (Å²) in [6.45, 7) is 4.54. The van der Waals surface area contributed by atoms with Gasteiger partial charge in [-0.25, -0.2) is 8.78 Å². The predicted molar refractivity (Wildman–Crippen MR) is 43.2 cm³/mol. The summed E-state index contributed by atoms with van der Waals surface area (Å²) in [5.41, 5.74) is 0. The Bertz CT molecular complexity index is 100. The van der Waals surface area contributed by atoms with Gasteiger partial charge in [0, 0.05) is 13.3 Å². The van der Waals surface area contributed by atoms with Crippen molar-refractivity contribution in [2.24, 2.45) is 0 Å². The summed E-state index contributed by atoms with van der Waals surface area (Å²) in [6, 6.07) is 0. The zero-order valence-electron chi connectivity index (χ0n) is 8.33. The first kappa shape index (κ1) is 15.2. The molecule has 0 aromatic heterocycles. The van der Waals surface area contributed by atoms with Gasteiger partial charge in [-0.15, -0.1) is 0 Å². The number of ether oxygens (including phenoxy) is 1. The van der Waals surface area contributed by atoms with Crippen LogP contribution in [-0.2, 0) is 4.74 Å². The van der Waals surface area contributed by atoms with Gasteiger partial charge in [-0.1, -0.05) is 13.8 Å². The van der Waals surface area contributed by atoms with E-state index >= 15 is 0 Å². The minimum Gasteiger partial charge on any atom is -0.320 e. The SMILES string of the molecule is CC.CC(F)(F)CCOC(C)(F)F. The molecule has 0 aliphatic rings. The molecule has 0 atom stereocenters. The van der Waals surface area contributed by atoms with Crippen molar-refractivity contribution in [3.05, 3.63) is 0 Å². The molecule has 0 bridgehead atoms. The molecule has 0 N–H and O–H groups in total. The number of hydrogen-bond acceptors (Lipinski definition) is 1. The van der Waals surface area contributed by atoms with Crippen LogP contribution in [-0.4, -0.2) is 18.6 Å². The lowest BCUT2D eigenvalue weighted by Gasteiger charge is -2.13. The number of hydrogen-bond donors (Lipinski definition) is 0. The van der Waals surface area contributed by atoms with Crippen molar-refractivity contribution >= 4 is 0 Å². The fraction of sp³-hybridized carbons (Fsp3) is 1.00. The number of halogens is 4. The zero-order chi connectivity index (χ0) is 11.1. The predicted octanol–water partition coefficient (Wildman–Crippen LogP) is 3.69. The van der Waals surface area contributed by atoms with Gasteiger partial charge in [0.05, 0.1) is 6.61 Å². The fourth-order valence-corrected chi connectivity index (χ4v) is 0.409. The Morgan fingerprint density at radius 1 is 1.00 bits per heavy atom. The Balaban J connectivity index is 0. The Labute approximate surface area is 76.1 Å². The molecular formula is C8H16F4O. The first-order valence-electron chi connectivity index (χ1n) is 4.10. The van der Waals surface area contributed by atoms with Crippen LogP contribution >= 0.6 is 0 Å². The van der Waals surface area contributed by atoms with Gasteiger partial charge in [-0.3, -0.25) is 0 Å². The average molecular weight is 204 g/mol. The van der Waals surface area contributed by atoms with Crippen LogP contribution in [0, 0.1) is 0 Å². The summed E-state index contributed by atoms with van der Waals surface area (Å²) in [4.78, 5) is 0. The van der Waals surface area contributed by atoms with Gasteiger partial charge in [0.2, 0.25) is 5.92 Å². The Kier molecular flexibility index (Phi) is 7.21. The van der Waals surface area contributed by atoms with Crippen molar-refractivity contribution < 1.29 is 22.3 Å². The van der Waals surface area contributed by atoms with E-state index < -0.39 is 25.1 Å². The van der Waals surface area contributed by atoms with Gasteiger partial charge >= 0.3 is 6.11 Å². The monoisotopic (exact) mass is 204 g/mol. The summed E-state index contributed by atoms with van der Waals surface area (Å²) in [7, 11) is 0. The maximum Gasteiger partial charge on any atom is 0.352 e. The van der Waals surface area contributed by atoms with Crippen LogP contribution in [0.2, 0.25) is 0 Å². The Morgan fingerprint density at radius 2 is 1.38 bits per heavy atom. The van der Waals surface area contributed by atoms with Crippen molar-refractivity contribution in [2.45, 2.75) is 46.1 Å². The molecule has 0 aliphatic carbocycles. The third-order valence-electron chi connectivity index (χ3n) is 0.897. The molecule has 0 aliphatic heterocycles. The largest absolute Gasteiger partial charge is 0.352 e. The van der Waals surface area contributed by atoms with E-state index in [-0.39, 0.29) is 0 Å². The third-order valence-corrected chi connectivity index (χ3v) is 0.897. The highest BCUT2D eigenvalue weighted by atomic mass is 19.3. The normalized spacial score (nSPS) is 12.0. The molecule has 82 valence electrons. The topological polar surface area (TPSA) is 9.23 Å². The average Bonchev–Trinajstić information content (AvgIpc) is 1.86. The van der Waals surface area contributed by atoms with Gasteiger partial charge < -0.3 is 4.74 Å². The van der Waals surface area contributed by atoms with Crippen LogP contribution in [0.15, 0.2) is 0 Å².